The van der Waals surface area contributed by atoms with Crippen LogP contribution < -0.4 is 16.0 Å². The number of amides is 3. The van der Waals surface area contributed by atoms with Gasteiger partial charge in [0.2, 0.25) is 11.8 Å². The summed E-state index contributed by atoms with van der Waals surface area (Å²) < 4.78 is 5.55. The molecule has 0 aromatic heterocycles. The van der Waals surface area contributed by atoms with Gasteiger partial charge in [0.15, 0.2) is 0 Å². The van der Waals surface area contributed by atoms with Crippen molar-refractivity contribution >= 4 is 39.5 Å². The molecule has 0 atom stereocenters. The van der Waals surface area contributed by atoms with E-state index in [-0.39, 0.29) is 25.6 Å². The lowest BCUT2D eigenvalue weighted by Gasteiger charge is -2.09. The summed E-state index contributed by atoms with van der Waals surface area (Å²) >= 11 is 3.37. The molecule has 0 saturated heterocycles. The summed E-state index contributed by atoms with van der Waals surface area (Å²) in [5.41, 5.74) is 1.63. The normalized spacial score (nSPS) is 9.77. The van der Waals surface area contributed by atoms with Gasteiger partial charge in [0, 0.05) is 10.2 Å². The molecule has 3 amide bonds. The maximum Gasteiger partial charge on any atom is 0.407 e. The van der Waals surface area contributed by atoms with Gasteiger partial charge >= 0.3 is 6.09 Å². The van der Waals surface area contributed by atoms with Crippen LogP contribution in [0.3, 0.4) is 0 Å². The fraction of sp³-hybridized carbons (Fsp3) is 0.357. The molecule has 0 spiro atoms. The van der Waals surface area contributed by atoms with Gasteiger partial charge < -0.3 is 20.7 Å². The van der Waals surface area contributed by atoms with Crippen LogP contribution in [-0.2, 0) is 14.3 Å². The zero-order chi connectivity index (χ0) is 16.5. The van der Waals surface area contributed by atoms with Crippen molar-refractivity contribution in [3.8, 4) is 0 Å². The number of halogens is 1. The van der Waals surface area contributed by atoms with Gasteiger partial charge in [0.1, 0.15) is 6.54 Å². The van der Waals surface area contributed by atoms with Gasteiger partial charge in [-0.3, -0.25) is 9.59 Å². The lowest BCUT2D eigenvalue weighted by atomic mass is 10.2. The first-order chi connectivity index (χ1) is 10.4. The number of benzene rings is 1. The molecule has 0 bridgehead atoms. The summed E-state index contributed by atoms with van der Waals surface area (Å²) in [7, 11) is 0. The van der Waals surface area contributed by atoms with Crippen LogP contribution in [0.1, 0.15) is 12.5 Å². The molecule has 0 heterocycles. The monoisotopic (exact) mass is 371 g/mol. The van der Waals surface area contributed by atoms with E-state index in [9.17, 15) is 14.4 Å². The first-order valence-electron chi connectivity index (χ1n) is 6.65. The summed E-state index contributed by atoms with van der Waals surface area (Å²) in [6.45, 7) is 3.36. The predicted octanol–water partition coefficient (Wildman–Crippen LogP) is 1.56. The van der Waals surface area contributed by atoms with Crippen LogP contribution in [0.4, 0.5) is 10.5 Å². The standard InChI is InChI=1S/C14H18BrN3O4/c1-3-22-14(21)17-7-12(19)16-8-13(20)18-10-4-5-11(15)9(2)6-10/h4-6H,3,7-8H2,1-2H3,(H,16,19)(H,17,21)(H,18,20). The Kier molecular flexibility index (Phi) is 7.38. The third-order valence-corrected chi connectivity index (χ3v) is 3.45. The van der Waals surface area contributed by atoms with Gasteiger partial charge in [-0.25, -0.2) is 4.79 Å². The minimum Gasteiger partial charge on any atom is -0.450 e. The third kappa shape index (κ3) is 6.57. The van der Waals surface area contributed by atoms with Crippen LogP contribution in [0.25, 0.3) is 0 Å². The number of rotatable bonds is 6. The lowest BCUT2D eigenvalue weighted by molar-refractivity contribution is -0.123. The fourth-order valence-corrected chi connectivity index (χ4v) is 1.75. The van der Waals surface area contributed by atoms with Crippen molar-refractivity contribution in [1.82, 2.24) is 10.6 Å². The molecule has 8 heteroatoms. The van der Waals surface area contributed by atoms with Crippen LogP contribution in [0, 0.1) is 6.92 Å². The molecule has 1 aromatic rings. The highest BCUT2D eigenvalue weighted by atomic mass is 79.9. The summed E-state index contributed by atoms with van der Waals surface area (Å²) in [4.78, 5) is 34.1. The number of anilines is 1. The molecule has 0 aliphatic carbocycles. The van der Waals surface area contributed by atoms with Crippen LogP contribution in [0.15, 0.2) is 22.7 Å². The Labute approximate surface area is 136 Å². The molecule has 0 saturated carbocycles. The van der Waals surface area contributed by atoms with Crippen molar-refractivity contribution in [2.45, 2.75) is 13.8 Å². The topological polar surface area (TPSA) is 96.5 Å². The zero-order valence-electron chi connectivity index (χ0n) is 12.4. The van der Waals surface area contributed by atoms with Crippen molar-refractivity contribution in [3.05, 3.63) is 28.2 Å². The second-order valence-corrected chi connectivity index (χ2v) is 5.22. The van der Waals surface area contributed by atoms with Crippen molar-refractivity contribution in [2.24, 2.45) is 0 Å². The number of carbonyl (C=O) groups is 3. The number of aryl methyl sites for hydroxylation is 1. The summed E-state index contributed by atoms with van der Waals surface area (Å²) in [6, 6.07) is 5.39. The molecule has 120 valence electrons. The largest absolute Gasteiger partial charge is 0.450 e. The molecule has 1 rings (SSSR count). The van der Waals surface area contributed by atoms with Gasteiger partial charge in [0.25, 0.3) is 0 Å². The number of carbonyl (C=O) groups excluding carboxylic acids is 3. The fourth-order valence-electron chi connectivity index (χ4n) is 1.50. The first kappa shape index (κ1) is 18.0. The molecule has 0 fully saturated rings. The molecule has 3 N–H and O–H groups in total. The minimum absolute atomic E-state index is 0.182. The molecule has 0 unspecified atom stereocenters. The first-order valence-corrected chi connectivity index (χ1v) is 7.45. The third-order valence-electron chi connectivity index (χ3n) is 2.56. The van der Waals surface area contributed by atoms with Crippen LogP contribution in [0.5, 0.6) is 0 Å². The van der Waals surface area contributed by atoms with E-state index in [4.69, 9.17) is 0 Å². The molecule has 1 aromatic carbocycles. The van der Waals surface area contributed by atoms with Crippen molar-refractivity contribution in [3.63, 3.8) is 0 Å². The minimum atomic E-state index is -0.674. The molecular formula is C14H18BrN3O4. The van der Waals surface area contributed by atoms with Crippen LogP contribution in [0.2, 0.25) is 0 Å². The second kappa shape index (κ2) is 9.04. The highest BCUT2D eigenvalue weighted by Crippen LogP contribution is 2.19. The quantitative estimate of drug-likeness (QED) is 0.706. The van der Waals surface area contributed by atoms with E-state index in [2.05, 4.69) is 36.6 Å². The van der Waals surface area contributed by atoms with Gasteiger partial charge in [-0.2, -0.15) is 0 Å². The van der Waals surface area contributed by atoms with E-state index in [1.165, 1.54) is 0 Å². The summed E-state index contributed by atoms with van der Waals surface area (Å²) in [5, 5.41) is 7.32. The van der Waals surface area contributed by atoms with E-state index >= 15 is 0 Å². The molecule has 0 aliphatic rings. The average molecular weight is 372 g/mol. The Morgan fingerprint density at radius 3 is 2.45 bits per heavy atom. The van der Waals surface area contributed by atoms with Gasteiger partial charge in [0.05, 0.1) is 13.2 Å². The number of hydrogen-bond donors (Lipinski definition) is 3. The Morgan fingerprint density at radius 1 is 1.14 bits per heavy atom. The van der Waals surface area contributed by atoms with Gasteiger partial charge in [-0.1, -0.05) is 15.9 Å². The van der Waals surface area contributed by atoms with Crippen molar-refractivity contribution < 1.29 is 19.1 Å². The van der Waals surface area contributed by atoms with E-state index in [0.29, 0.717) is 5.69 Å². The highest BCUT2D eigenvalue weighted by molar-refractivity contribution is 9.10. The van der Waals surface area contributed by atoms with Gasteiger partial charge in [-0.15, -0.1) is 0 Å². The van der Waals surface area contributed by atoms with E-state index in [0.717, 1.165) is 10.0 Å². The second-order valence-electron chi connectivity index (χ2n) is 4.36. The van der Waals surface area contributed by atoms with Crippen LogP contribution >= 0.6 is 15.9 Å². The van der Waals surface area contributed by atoms with Crippen molar-refractivity contribution in [1.29, 1.82) is 0 Å². The zero-order valence-corrected chi connectivity index (χ0v) is 14.0. The van der Waals surface area contributed by atoms with Gasteiger partial charge in [-0.05, 0) is 37.6 Å². The lowest BCUT2D eigenvalue weighted by Crippen LogP contribution is -2.40. The molecule has 0 aliphatic heterocycles. The SMILES string of the molecule is CCOC(=O)NCC(=O)NCC(=O)Nc1ccc(Br)c(C)c1. The molecule has 22 heavy (non-hydrogen) atoms. The number of alkyl carbamates (subject to hydrolysis) is 1. The molecular weight excluding hydrogens is 354 g/mol. The van der Waals surface area contributed by atoms with Crippen LogP contribution in [-0.4, -0.2) is 37.6 Å². The maximum absolute atomic E-state index is 11.7. The van der Waals surface area contributed by atoms with E-state index in [1.807, 2.05) is 19.1 Å². The summed E-state index contributed by atoms with van der Waals surface area (Å²) in [5.74, 6) is -0.832. The van der Waals surface area contributed by atoms with Crippen molar-refractivity contribution in [2.75, 3.05) is 25.0 Å². The Morgan fingerprint density at radius 2 is 1.82 bits per heavy atom. The smallest absolute Gasteiger partial charge is 0.407 e. The Hall–Kier alpha value is -2.09. The number of ether oxygens (including phenoxy) is 1. The number of nitrogens with one attached hydrogen (secondary N) is 3. The number of hydrogen-bond acceptors (Lipinski definition) is 4. The summed E-state index contributed by atoms with van der Waals surface area (Å²) in [6.07, 6.45) is -0.674. The predicted molar refractivity (Wildman–Crippen MR) is 85.5 cm³/mol. The molecule has 7 nitrogen and oxygen atoms in total. The van der Waals surface area contributed by atoms with E-state index in [1.54, 1.807) is 13.0 Å². The highest BCUT2D eigenvalue weighted by Gasteiger charge is 2.08. The molecule has 0 radical (unpaired) electrons. The Balaban J connectivity index is 2.31. The van der Waals surface area contributed by atoms with E-state index < -0.39 is 12.0 Å². The average Bonchev–Trinajstić information content (AvgIpc) is 2.47. The maximum atomic E-state index is 11.7. The Bertz CT molecular complexity index is 563.